The number of fused-ring (bicyclic) bond motifs is 6. The van der Waals surface area contributed by atoms with Crippen LogP contribution in [0, 0.1) is 0 Å². The molecule has 2 aromatic heterocycles. The Morgan fingerprint density at radius 2 is 0.754 bits per heavy atom. The molecule has 6 aromatic carbocycles. The van der Waals surface area contributed by atoms with E-state index in [1.165, 1.54) is 44.1 Å². The van der Waals surface area contributed by atoms with Gasteiger partial charge < -0.3 is 63.3 Å². The maximum atomic E-state index is 6.36. The number of benzene rings is 6. The minimum Gasteiger partial charge on any atom is -1.00 e. The predicted molar refractivity (Wildman–Crippen MR) is 275 cm³/mol. The molecule has 0 aliphatic heterocycles. The lowest BCUT2D eigenvalue weighted by molar-refractivity contribution is -0.659. The van der Waals surface area contributed by atoms with Crippen LogP contribution < -0.4 is 67.5 Å². The smallest absolute Gasteiger partial charge is 0.220 e. The molecule has 2 heterocycles. The topological polar surface area (TPSA) is 139 Å². The molecule has 65 heavy (non-hydrogen) atoms. The highest BCUT2D eigenvalue weighted by atomic mass is 35.5. The second kappa shape index (κ2) is 25.8. The van der Waals surface area contributed by atoms with Crippen molar-refractivity contribution in [1.82, 2.24) is 15.5 Å². The van der Waals surface area contributed by atoms with E-state index >= 15 is 0 Å². The van der Waals surface area contributed by atoms with Gasteiger partial charge in [-0.2, -0.15) is 9.13 Å². The van der Waals surface area contributed by atoms with Crippen molar-refractivity contribution in [1.29, 1.82) is 0 Å². The molecule has 10 N–H and O–H groups in total. The number of hydrogen-bond donors (Lipinski definition) is 6. The van der Waals surface area contributed by atoms with Crippen molar-refractivity contribution in [3.8, 4) is 22.5 Å². The molecule has 0 saturated carbocycles. The van der Waals surface area contributed by atoms with E-state index in [1.54, 1.807) is 0 Å². The highest BCUT2D eigenvalue weighted by molar-refractivity contribution is 6.11. The number of rotatable bonds is 18. The Morgan fingerprint density at radius 3 is 1.14 bits per heavy atom. The molecular weight excluding hydrogens is 916 g/mol. The molecular formula is C51H62Cl5N9. The van der Waals surface area contributed by atoms with Gasteiger partial charge >= 0.3 is 0 Å². The van der Waals surface area contributed by atoms with Crippen LogP contribution in [-0.2, 0) is 13.1 Å². The van der Waals surface area contributed by atoms with Gasteiger partial charge in [-0.3, -0.25) is 0 Å². The van der Waals surface area contributed by atoms with Crippen LogP contribution in [0.3, 0.4) is 0 Å². The van der Waals surface area contributed by atoms with Crippen LogP contribution in [0.4, 0.5) is 22.7 Å². The lowest BCUT2D eigenvalue weighted by Gasteiger charge is -2.17. The van der Waals surface area contributed by atoms with Gasteiger partial charge in [-0.15, -0.1) is 37.2 Å². The summed E-state index contributed by atoms with van der Waals surface area (Å²) in [7, 11) is 2.23. The van der Waals surface area contributed by atoms with Crippen molar-refractivity contribution >= 4 is 103 Å². The zero-order valence-electron chi connectivity index (χ0n) is 36.8. The second-order valence-corrected chi connectivity index (χ2v) is 16.1. The minimum atomic E-state index is 0. The van der Waals surface area contributed by atoms with Crippen LogP contribution in [0.25, 0.3) is 65.9 Å². The zero-order valence-corrected chi connectivity index (χ0v) is 40.8. The number of nitrogen functional groups attached to an aromatic ring is 4. The average Bonchev–Trinajstić information content (AvgIpc) is 3.26. The van der Waals surface area contributed by atoms with Crippen molar-refractivity contribution < 1.29 is 33.9 Å². The third-order valence-electron chi connectivity index (χ3n) is 11.7. The van der Waals surface area contributed by atoms with Crippen molar-refractivity contribution in [3.63, 3.8) is 0 Å². The van der Waals surface area contributed by atoms with Crippen LogP contribution >= 0.6 is 37.2 Å². The van der Waals surface area contributed by atoms with Gasteiger partial charge in [0, 0.05) is 82.7 Å². The SMILES string of the molecule is CN(CCCNCCC[n+]1c(-c2ccccc2)c2cc(N)ccc2c2ccc(N)cc21)CCCNCCC[n+]1c(-c2ccccc2)c2cc(N)ccc2c2ccc(N)cc21.Cl.Cl.Cl.[Cl-].[Cl-]. The molecule has 0 spiro atoms. The molecule has 9 nitrogen and oxygen atoms in total. The Kier molecular flexibility index (Phi) is 21.6. The molecule has 0 radical (unpaired) electrons. The van der Waals surface area contributed by atoms with E-state index in [-0.39, 0.29) is 62.0 Å². The average molecular weight is 978 g/mol. The van der Waals surface area contributed by atoms with Gasteiger partial charge in [0.1, 0.15) is 0 Å². The normalized spacial score (nSPS) is 10.9. The van der Waals surface area contributed by atoms with Gasteiger partial charge in [-0.1, -0.05) is 48.5 Å². The third kappa shape index (κ3) is 12.8. The van der Waals surface area contributed by atoms with E-state index in [0.717, 1.165) is 123 Å². The molecule has 14 heteroatoms. The van der Waals surface area contributed by atoms with Crippen LogP contribution in [0.2, 0.25) is 0 Å². The summed E-state index contributed by atoms with van der Waals surface area (Å²) in [4.78, 5) is 2.45. The summed E-state index contributed by atoms with van der Waals surface area (Å²) in [6, 6.07) is 46.2. The standard InChI is InChI=1S/C51H57N9.5ClH/c1-58(28-8-24-56-26-10-30-59-48-34-40(54)18-22-44(48)42-20-16-38(52)32-46(42)50(59)36-12-4-2-5-13-36)29-9-25-57-27-11-31-60-49-35-41(55)19-23-45(49)43-21-17-39(53)33-47(43)51(60)37-14-6-3-7-15-37;;;;;/h2-7,12-23,32-35,54-57H,8-11,24-31,52-53H2,1H3;5*1H. The molecule has 0 fully saturated rings. The highest BCUT2D eigenvalue weighted by Crippen LogP contribution is 2.35. The number of aryl methyl sites for hydroxylation is 2. The van der Waals surface area contributed by atoms with Crippen molar-refractivity contribution in [2.75, 3.05) is 69.3 Å². The summed E-state index contributed by atoms with van der Waals surface area (Å²) in [5, 5.41) is 14.5. The number of aromatic nitrogens is 2. The van der Waals surface area contributed by atoms with E-state index in [1.807, 2.05) is 24.3 Å². The summed E-state index contributed by atoms with van der Waals surface area (Å²) < 4.78 is 4.87. The number of halogens is 5. The predicted octanol–water partition coefficient (Wildman–Crippen LogP) is 3.18. The van der Waals surface area contributed by atoms with Crippen LogP contribution in [0.5, 0.6) is 0 Å². The first kappa shape index (κ1) is 54.5. The molecule has 0 saturated heterocycles. The van der Waals surface area contributed by atoms with E-state index in [0.29, 0.717) is 0 Å². The van der Waals surface area contributed by atoms with Crippen molar-refractivity contribution in [3.05, 3.63) is 133 Å². The molecule has 0 aliphatic rings. The fourth-order valence-corrected chi connectivity index (χ4v) is 8.83. The van der Waals surface area contributed by atoms with Crippen molar-refractivity contribution in [2.24, 2.45) is 0 Å². The molecule has 346 valence electrons. The largest absolute Gasteiger partial charge is 1.00 e. The Morgan fingerprint density at radius 1 is 0.415 bits per heavy atom. The lowest BCUT2D eigenvalue weighted by Crippen LogP contribution is -3.00. The first-order valence-electron chi connectivity index (χ1n) is 21.4. The van der Waals surface area contributed by atoms with Crippen LogP contribution in [0.1, 0.15) is 25.7 Å². The summed E-state index contributed by atoms with van der Waals surface area (Å²) >= 11 is 0. The molecule has 0 aliphatic carbocycles. The van der Waals surface area contributed by atoms with Gasteiger partial charge in [0.05, 0.1) is 21.5 Å². The molecule has 8 aromatic rings. The number of nitrogens with two attached hydrogens (primary N) is 4. The van der Waals surface area contributed by atoms with E-state index in [4.69, 9.17) is 22.9 Å². The summed E-state index contributed by atoms with van der Waals surface area (Å²) in [5.74, 6) is 0. The van der Waals surface area contributed by atoms with E-state index in [2.05, 4.69) is 141 Å². The quantitative estimate of drug-likeness (QED) is 0.0337. The minimum absolute atomic E-state index is 0. The maximum absolute atomic E-state index is 6.36. The number of nitrogens with zero attached hydrogens (tertiary/aromatic N) is 3. The summed E-state index contributed by atoms with van der Waals surface area (Å²) in [5.41, 5.74) is 35.5. The number of nitrogens with one attached hydrogen (secondary N) is 2. The van der Waals surface area contributed by atoms with Crippen molar-refractivity contribution in [2.45, 2.75) is 38.8 Å². The fraction of sp³-hybridized carbons (Fsp3) is 0.255. The fourth-order valence-electron chi connectivity index (χ4n) is 8.83. The first-order chi connectivity index (χ1) is 29.4. The Hall–Kier alpha value is -4.81. The second-order valence-electron chi connectivity index (χ2n) is 16.1. The summed E-state index contributed by atoms with van der Waals surface area (Å²) in [6.07, 6.45) is 4.21. The molecule has 0 amide bonds. The zero-order chi connectivity index (χ0) is 41.4. The first-order valence-corrected chi connectivity index (χ1v) is 21.4. The van der Waals surface area contributed by atoms with E-state index < -0.39 is 0 Å². The van der Waals surface area contributed by atoms with Gasteiger partial charge in [0.2, 0.25) is 22.4 Å². The Balaban J connectivity index is 0.00000224. The molecule has 0 bridgehead atoms. The van der Waals surface area contributed by atoms with Gasteiger partial charge in [0.15, 0.2) is 13.1 Å². The summed E-state index contributed by atoms with van der Waals surface area (Å²) in [6.45, 7) is 7.73. The maximum Gasteiger partial charge on any atom is 0.220 e. The monoisotopic (exact) mass is 975 g/mol. The van der Waals surface area contributed by atoms with Crippen LogP contribution in [-0.4, -0.2) is 51.2 Å². The Bertz CT molecular complexity index is 2570. The molecule has 8 rings (SSSR count). The number of anilines is 4. The van der Waals surface area contributed by atoms with Crippen LogP contribution in [0.15, 0.2) is 133 Å². The molecule has 0 atom stereocenters. The number of pyridine rings is 2. The van der Waals surface area contributed by atoms with Gasteiger partial charge in [-0.05, 0) is 119 Å². The van der Waals surface area contributed by atoms with Gasteiger partial charge in [0.25, 0.3) is 0 Å². The van der Waals surface area contributed by atoms with Gasteiger partial charge in [-0.25, -0.2) is 0 Å². The van der Waals surface area contributed by atoms with E-state index in [9.17, 15) is 0 Å². The highest BCUT2D eigenvalue weighted by Gasteiger charge is 2.25. The lowest BCUT2D eigenvalue weighted by atomic mass is 9.98. The Labute approximate surface area is 414 Å². The third-order valence-corrected chi connectivity index (χ3v) is 11.7. The molecule has 0 unspecified atom stereocenters. The number of hydrogen-bond acceptors (Lipinski definition) is 7.